The fourth-order valence-electron chi connectivity index (χ4n) is 2.54. The summed E-state index contributed by atoms with van der Waals surface area (Å²) in [6.45, 7) is 0. The molecule has 27 heavy (non-hydrogen) atoms. The highest BCUT2D eigenvalue weighted by Gasteiger charge is 2.41. The van der Waals surface area contributed by atoms with Gasteiger partial charge in [0.15, 0.2) is 5.69 Å². The maximum absolute atomic E-state index is 13.7. The molecule has 0 aliphatic carbocycles. The van der Waals surface area contributed by atoms with Crippen molar-refractivity contribution in [2.24, 2.45) is 0 Å². The van der Waals surface area contributed by atoms with E-state index < -0.39 is 23.3 Å². The molecule has 1 aromatic carbocycles. The highest BCUT2D eigenvalue weighted by Crippen LogP contribution is 2.35. The van der Waals surface area contributed by atoms with Gasteiger partial charge in [0.25, 0.3) is 5.91 Å². The minimum Gasteiger partial charge on any atom is -0.272 e. The smallest absolute Gasteiger partial charge is 0.272 e. The number of alkyl halides is 3. The third-order valence-electron chi connectivity index (χ3n) is 3.75. The van der Waals surface area contributed by atoms with Crippen LogP contribution in [0.3, 0.4) is 0 Å². The van der Waals surface area contributed by atoms with Crippen LogP contribution in [0, 0.1) is 0 Å². The molecule has 0 aliphatic heterocycles. The number of imidazole rings is 1. The number of hydrogen-bond acceptors (Lipinski definition) is 5. The quantitative estimate of drug-likeness (QED) is 0.533. The Morgan fingerprint density at radius 3 is 2.59 bits per heavy atom. The molecule has 0 unspecified atom stereocenters. The number of halogens is 3. The second-order valence-electron chi connectivity index (χ2n) is 5.47. The Balaban J connectivity index is 1.80. The first-order chi connectivity index (χ1) is 12.9. The first-order valence-corrected chi connectivity index (χ1v) is 8.52. The molecular formula is C17H10F3N5OS. The summed E-state index contributed by atoms with van der Waals surface area (Å²) in [7, 11) is 0. The lowest BCUT2D eigenvalue weighted by molar-refractivity contribution is -0.143. The largest absolute Gasteiger partial charge is 0.434 e. The highest BCUT2D eigenvalue weighted by molar-refractivity contribution is 7.12. The summed E-state index contributed by atoms with van der Waals surface area (Å²) in [6, 6.07) is 9.07. The summed E-state index contributed by atoms with van der Waals surface area (Å²) in [5.74, 6) is -0.870. The van der Waals surface area contributed by atoms with Gasteiger partial charge in [0.2, 0.25) is 5.13 Å². The van der Waals surface area contributed by atoms with Gasteiger partial charge in [-0.25, -0.2) is 14.6 Å². The summed E-state index contributed by atoms with van der Waals surface area (Å²) in [5.41, 5.74) is -0.440. The molecule has 3 heterocycles. The van der Waals surface area contributed by atoms with Crippen LogP contribution in [0.2, 0.25) is 0 Å². The van der Waals surface area contributed by atoms with Crippen LogP contribution in [-0.2, 0) is 6.18 Å². The van der Waals surface area contributed by atoms with Crippen LogP contribution >= 0.6 is 11.3 Å². The Morgan fingerprint density at radius 2 is 1.93 bits per heavy atom. The molecule has 0 spiro atoms. The fraction of sp³-hybridized carbons (Fsp3) is 0.0588. The second kappa shape index (κ2) is 6.47. The third-order valence-corrected chi connectivity index (χ3v) is 4.57. The number of carbonyl (C=O) groups excluding carboxylic acids is 1. The minimum atomic E-state index is -4.79. The zero-order valence-electron chi connectivity index (χ0n) is 13.5. The Morgan fingerprint density at radius 1 is 1.15 bits per heavy atom. The van der Waals surface area contributed by atoms with Crippen molar-refractivity contribution in [3.63, 3.8) is 0 Å². The van der Waals surface area contributed by atoms with Crippen LogP contribution in [0.5, 0.6) is 0 Å². The molecule has 6 nitrogen and oxygen atoms in total. The molecule has 136 valence electrons. The summed E-state index contributed by atoms with van der Waals surface area (Å²) < 4.78 is 42.7. The third kappa shape index (κ3) is 3.14. The Labute approximate surface area is 154 Å². The Hall–Kier alpha value is -3.27. The number of benzene rings is 1. The van der Waals surface area contributed by atoms with Gasteiger partial charge in [-0.2, -0.15) is 18.3 Å². The summed E-state index contributed by atoms with van der Waals surface area (Å²) in [4.78, 5) is 20.3. The molecule has 0 fully saturated rings. The van der Waals surface area contributed by atoms with Crippen molar-refractivity contribution in [2.45, 2.75) is 6.18 Å². The highest BCUT2D eigenvalue weighted by atomic mass is 32.1. The normalized spacial score (nSPS) is 11.7. The van der Waals surface area contributed by atoms with Crippen molar-refractivity contribution in [1.29, 1.82) is 0 Å². The van der Waals surface area contributed by atoms with Crippen LogP contribution in [0.4, 0.5) is 13.2 Å². The molecule has 0 amide bonds. The molecule has 0 bridgehead atoms. The number of hydrogen-bond donors (Lipinski definition) is 0. The fourth-order valence-corrected chi connectivity index (χ4v) is 3.34. The minimum absolute atomic E-state index is 0.0193. The number of thiazole rings is 1. The lowest BCUT2D eigenvalue weighted by Crippen LogP contribution is -2.20. The molecule has 0 radical (unpaired) electrons. The molecule has 10 heteroatoms. The first-order valence-electron chi connectivity index (χ1n) is 7.64. The lowest BCUT2D eigenvalue weighted by Gasteiger charge is -2.10. The number of carbonyl (C=O) groups is 1. The van der Waals surface area contributed by atoms with Crippen LogP contribution in [-0.4, -0.2) is 30.2 Å². The Bertz CT molecular complexity index is 1080. The molecule has 0 saturated carbocycles. The topological polar surface area (TPSA) is 65.6 Å². The van der Waals surface area contributed by atoms with Crippen molar-refractivity contribution < 1.29 is 18.0 Å². The van der Waals surface area contributed by atoms with Crippen molar-refractivity contribution in [3.8, 4) is 16.4 Å². The maximum atomic E-state index is 13.7. The van der Waals surface area contributed by atoms with Crippen molar-refractivity contribution in [1.82, 2.24) is 24.3 Å². The Kier molecular flexibility index (Phi) is 4.11. The van der Waals surface area contributed by atoms with E-state index in [-0.39, 0.29) is 5.13 Å². The van der Waals surface area contributed by atoms with Crippen LogP contribution < -0.4 is 0 Å². The van der Waals surface area contributed by atoms with Crippen molar-refractivity contribution >= 4 is 17.2 Å². The molecule has 0 saturated heterocycles. The molecule has 0 aliphatic rings. The number of rotatable bonds is 3. The molecule has 4 aromatic rings. The van der Waals surface area contributed by atoms with E-state index in [1.165, 1.54) is 12.4 Å². The van der Waals surface area contributed by atoms with Gasteiger partial charge < -0.3 is 0 Å². The molecule has 0 N–H and O–H groups in total. The second-order valence-corrected chi connectivity index (χ2v) is 6.31. The van der Waals surface area contributed by atoms with Gasteiger partial charge in [0, 0.05) is 23.3 Å². The van der Waals surface area contributed by atoms with E-state index in [2.05, 4.69) is 15.1 Å². The average Bonchev–Trinajstić information content (AvgIpc) is 3.40. The van der Waals surface area contributed by atoms with Gasteiger partial charge in [-0.3, -0.25) is 9.36 Å². The van der Waals surface area contributed by atoms with Gasteiger partial charge in [-0.1, -0.05) is 30.3 Å². The molecular weight excluding hydrogens is 379 g/mol. The van der Waals surface area contributed by atoms with E-state index in [4.69, 9.17) is 0 Å². The van der Waals surface area contributed by atoms with Crippen LogP contribution in [0.15, 0.2) is 60.6 Å². The van der Waals surface area contributed by atoms with E-state index >= 15 is 0 Å². The van der Waals surface area contributed by atoms with Crippen molar-refractivity contribution in [2.75, 3.05) is 0 Å². The van der Waals surface area contributed by atoms with Gasteiger partial charge in [-0.05, 0) is 0 Å². The van der Waals surface area contributed by atoms with E-state index in [1.807, 2.05) is 18.2 Å². The zero-order valence-corrected chi connectivity index (χ0v) is 14.3. The molecule has 0 atom stereocenters. The SMILES string of the molecule is O=C(c1cnn(-c2nc(-c3ccccc3)cs2)c1C(F)(F)F)n1ccnc1. The van der Waals surface area contributed by atoms with E-state index in [0.29, 0.717) is 10.4 Å². The average molecular weight is 389 g/mol. The van der Waals surface area contributed by atoms with Gasteiger partial charge in [-0.15, -0.1) is 11.3 Å². The van der Waals surface area contributed by atoms with Crippen LogP contribution in [0.1, 0.15) is 16.1 Å². The van der Waals surface area contributed by atoms with E-state index in [1.54, 1.807) is 17.5 Å². The zero-order chi connectivity index (χ0) is 19.0. The number of nitrogens with zero attached hydrogens (tertiary/aromatic N) is 5. The van der Waals surface area contributed by atoms with Gasteiger partial charge >= 0.3 is 6.18 Å². The summed E-state index contributed by atoms with van der Waals surface area (Å²) >= 11 is 1.01. The maximum Gasteiger partial charge on any atom is 0.434 e. The predicted molar refractivity (Wildman–Crippen MR) is 91.6 cm³/mol. The van der Waals surface area contributed by atoms with Crippen LogP contribution in [0.25, 0.3) is 16.4 Å². The van der Waals surface area contributed by atoms with E-state index in [9.17, 15) is 18.0 Å². The van der Waals surface area contributed by atoms with Crippen molar-refractivity contribution in [3.05, 3.63) is 71.9 Å². The van der Waals surface area contributed by atoms with Gasteiger partial charge in [0.05, 0.1) is 17.5 Å². The van der Waals surface area contributed by atoms with E-state index in [0.717, 1.165) is 34.0 Å². The molecule has 4 rings (SSSR count). The first kappa shape index (κ1) is 17.2. The predicted octanol–water partition coefficient (Wildman–Crippen LogP) is 3.90. The van der Waals surface area contributed by atoms with Gasteiger partial charge in [0.1, 0.15) is 6.33 Å². The standard InChI is InChI=1S/C17H10F3N5OS/c18-17(19,20)14-12(15(26)24-7-6-21-10-24)8-22-25(14)16-23-13(9-27-16)11-4-2-1-3-5-11/h1-10H. The summed E-state index contributed by atoms with van der Waals surface area (Å²) in [5, 5.41) is 5.44. The summed E-state index contributed by atoms with van der Waals surface area (Å²) in [6.07, 6.45) is -0.175. The monoisotopic (exact) mass is 389 g/mol. The lowest BCUT2D eigenvalue weighted by atomic mass is 10.2. The molecule has 3 aromatic heterocycles. The number of aromatic nitrogens is 5.